The SMILES string of the molecule is CC(C)(C)[C@@H](N)c1c(F)ccc(F)c1Cl.Cl. The third-order valence-corrected chi connectivity index (χ3v) is 2.71. The number of halogens is 4. The van der Waals surface area contributed by atoms with Crippen LogP contribution in [0.1, 0.15) is 32.4 Å². The Kier molecular flexibility index (Phi) is 5.17. The van der Waals surface area contributed by atoms with Gasteiger partial charge in [0.15, 0.2) is 0 Å². The summed E-state index contributed by atoms with van der Waals surface area (Å²) in [6, 6.07) is 1.40. The average Bonchev–Trinajstić information content (AvgIpc) is 2.10. The van der Waals surface area contributed by atoms with Crippen LogP contribution in [0, 0.1) is 17.0 Å². The molecule has 0 saturated heterocycles. The number of benzene rings is 1. The van der Waals surface area contributed by atoms with Crippen LogP contribution in [0.2, 0.25) is 5.02 Å². The van der Waals surface area contributed by atoms with Crippen molar-refractivity contribution in [3.8, 4) is 0 Å². The zero-order chi connectivity index (χ0) is 11.8. The van der Waals surface area contributed by atoms with Crippen molar-refractivity contribution in [2.75, 3.05) is 0 Å². The molecule has 0 fully saturated rings. The van der Waals surface area contributed by atoms with Gasteiger partial charge in [-0.05, 0) is 17.5 Å². The summed E-state index contributed by atoms with van der Waals surface area (Å²) in [7, 11) is 0. The van der Waals surface area contributed by atoms with E-state index in [4.69, 9.17) is 17.3 Å². The molecule has 1 aromatic carbocycles. The largest absolute Gasteiger partial charge is 0.323 e. The van der Waals surface area contributed by atoms with Gasteiger partial charge in [0.2, 0.25) is 0 Å². The van der Waals surface area contributed by atoms with E-state index in [-0.39, 0.29) is 28.4 Å². The monoisotopic (exact) mass is 269 g/mol. The molecule has 0 aromatic heterocycles. The zero-order valence-electron chi connectivity index (χ0n) is 9.35. The minimum atomic E-state index is -0.646. The minimum absolute atomic E-state index is 0. The summed E-state index contributed by atoms with van der Waals surface area (Å²) in [4.78, 5) is 0. The second-order valence-corrected chi connectivity index (χ2v) is 4.98. The molecule has 0 radical (unpaired) electrons. The van der Waals surface area contributed by atoms with Gasteiger partial charge in [-0.1, -0.05) is 32.4 Å². The molecule has 0 aliphatic heterocycles. The van der Waals surface area contributed by atoms with Crippen LogP contribution in [0.15, 0.2) is 12.1 Å². The van der Waals surface area contributed by atoms with Crippen LogP contribution >= 0.6 is 24.0 Å². The Hall–Kier alpha value is -0.380. The lowest BCUT2D eigenvalue weighted by Crippen LogP contribution is -2.27. The van der Waals surface area contributed by atoms with E-state index in [9.17, 15) is 8.78 Å². The molecule has 0 amide bonds. The van der Waals surface area contributed by atoms with Crippen molar-refractivity contribution in [1.29, 1.82) is 0 Å². The molecule has 0 spiro atoms. The summed E-state index contributed by atoms with van der Waals surface area (Å²) in [6.07, 6.45) is 0. The number of rotatable bonds is 1. The molecule has 92 valence electrons. The molecule has 1 aromatic rings. The first-order valence-electron chi connectivity index (χ1n) is 4.64. The summed E-state index contributed by atoms with van der Waals surface area (Å²) in [6.45, 7) is 5.54. The van der Waals surface area contributed by atoms with Crippen LogP contribution in [0.3, 0.4) is 0 Å². The standard InChI is InChI=1S/C11H14ClF2N.ClH/c1-11(2,3)10(15)8-6(13)4-5-7(14)9(8)12;/h4-5,10H,15H2,1-3H3;1H/t10-;/m0./s1. The van der Waals surface area contributed by atoms with Crippen molar-refractivity contribution in [1.82, 2.24) is 0 Å². The Morgan fingerprint density at radius 3 is 2.06 bits per heavy atom. The summed E-state index contributed by atoms with van der Waals surface area (Å²) in [5.74, 6) is -1.21. The maximum absolute atomic E-state index is 13.5. The van der Waals surface area contributed by atoms with Crippen molar-refractivity contribution in [2.24, 2.45) is 11.1 Å². The summed E-state index contributed by atoms with van der Waals surface area (Å²) in [5.41, 5.74) is 5.52. The fourth-order valence-corrected chi connectivity index (χ4v) is 1.53. The van der Waals surface area contributed by atoms with Gasteiger partial charge < -0.3 is 5.73 Å². The van der Waals surface area contributed by atoms with E-state index in [0.29, 0.717) is 0 Å². The van der Waals surface area contributed by atoms with Gasteiger partial charge in [-0.2, -0.15) is 0 Å². The minimum Gasteiger partial charge on any atom is -0.323 e. The van der Waals surface area contributed by atoms with Crippen molar-refractivity contribution in [3.63, 3.8) is 0 Å². The highest BCUT2D eigenvalue weighted by Gasteiger charge is 2.28. The lowest BCUT2D eigenvalue weighted by Gasteiger charge is -2.28. The number of hydrogen-bond acceptors (Lipinski definition) is 1. The predicted molar refractivity (Wildman–Crippen MR) is 65.0 cm³/mol. The molecule has 1 atom stereocenters. The van der Waals surface area contributed by atoms with Crippen LogP contribution in [0.25, 0.3) is 0 Å². The second kappa shape index (κ2) is 5.30. The van der Waals surface area contributed by atoms with Gasteiger partial charge in [0, 0.05) is 11.6 Å². The lowest BCUT2D eigenvalue weighted by molar-refractivity contribution is 0.318. The van der Waals surface area contributed by atoms with Gasteiger partial charge >= 0.3 is 0 Å². The molecule has 0 aliphatic carbocycles. The first kappa shape index (κ1) is 15.6. The van der Waals surface area contributed by atoms with Crippen LogP contribution < -0.4 is 5.73 Å². The van der Waals surface area contributed by atoms with Gasteiger partial charge in [-0.25, -0.2) is 8.78 Å². The van der Waals surface area contributed by atoms with Crippen LogP contribution in [0.5, 0.6) is 0 Å². The third kappa shape index (κ3) is 3.06. The van der Waals surface area contributed by atoms with Crippen LogP contribution in [-0.4, -0.2) is 0 Å². The van der Waals surface area contributed by atoms with Crippen molar-refractivity contribution >= 4 is 24.0 Å². The molecule has 0 unspecified atom stereocenters. The normalized spacial score (nSPS) is 13.2. The Morgan fingerprint density at radius 1 is 1.19 bits per heavy atom. The van der Waals surface area contributed by atoms with E-state index in [2.05, 4.69) is 0 Å². The molecule has 0 saturated carbocycles. The molecule has 0 heterocycles. The van der Waals surface area contributed by atoms with Crippen molar-refractivity contribution < 1.29 is 8.78 Å². The Balaban J connectivity index is 0.00000225. The maximum atomic E-state index is 13.5. The molecular formula is C11H15Cl2F2N. The highest BCUT2D eigenvalue weighted by atomic mass is 35.5. The van der Waals surface area contributed by atoms with Gasteiger partial charge in [-0.15, -0.1) is 12.4 Å². The topological polar surface area (TPSA) is 26.0 Å². The predicted octanol–water partition coefficient (Wildman–Crippen LogP) is 4.09. The van der Waals surface area contributed by atoms with E-state index in [1.165, 1.54) is 0 Å². The first-order chi connectivity index (χ1) is 6.75. The third-order valence-electron chi connectivity index (χ3n) is 2.32. The van der Waals surface area contributed by atoms with Gasteiger partial charge in [-0.3, -0.25) is 0 Å². The van der Waals surface area contributed by atoms with E-state index in [0.717, 1.165) is 12.1 Å². The van der Waals surface area contributed by atoms with E-state index in [1.807, 2.05) is 20.8 Å². The molecule has 16 heavy (non-hydrogen) atoms. The van der Waals surface area contributed by atoms with Gasteiger partial charge in [0.25, 0.3) is 0 Å². The molecule has 2 N–H and O–H groups in total. The Labute approximate surface area is 105 Å². The molecule has 0 aliphatic rings. The van der Waals surface area contributed by atoms with Crippen LogP contribution in [0.4, 0.5) is 8.78 Å². The molecule has 0 bridgehead atoms. The number of hydrogen-bond donors (Lipinski definition) is 1. The second-order valence-electron chi connectivity index (χ2n) is 4.60. The average molecular weight is 270 g/mol. The first-order valence-corrected chi connectivity index (χ1v) is 5.02. The van der Waals surface area contributed by atoms with Gasteiger partial charge in [0.05, 0.1) is 5.02 Å². The van der Waals surface area contributed by atoms with Crippen molar-refractivity contribution in [3.05, 3.63) is 34.4 Å². The molecule has 1 rings (SSSR count). The summed E-state index contributed by atoms with van der Waals surface area (Å²) >= 11 is 5.70. The smallest absolute Gasteiger partial charge is 0.142 e. The molecule has 1 nitrogen and oxygen atoms in total. The Bertz CT molecular complexity index is 375. The lowest BCUT2D eigenvalue weighted by atomic mass is 9.83. The summed E-state index contributed by atoms with van der Waals surface area (Å²) in [5, 5.41) is -0.225. The highest BCUT2D eigenvalue weighted by molar-refractivity contribution is 6.31. The van der Waals surface area contributed by atoms with Crippen molar-refractivity contribution in [2.45, 2.75) is 26.8 Å². The maximum Gasteiger partial charge on any atom is 0.142 e. The molecular weight excluding hydrogens is 255 g/mol. The Morgan fingerprint density at radius 2 is 1.62 bits per heavy atom. The molecule has 5 heteroatoms. The highest BCUT2D eigenvalue weighted by Crippen LogP contribution is 2.36. The summed E-state index contributed by atoms with van der Waals surface area (Å²) < 4.78 is 26.6. The van der Waals surface area contributed by atoms with E-state index in [1.54, 1.807) is 0 Å². The number of nitrogens with two attached hydrogens (primary N) is 1. The fourth-order valence-electron chi connectivity index (χ4n) is 1.26. The fraction of sp³-hybridized carbons (Fsp3) is 0.455. The van der Waals surface area contributed by atoms with E-state index < -0.39 is 17.7 Å². The van der Waals surface area contributed by atoms with Crippen LogP contribution in [-0.2, 0) is 0 Å². The zero-order valence-corrected chi connectivity index (χ0v) is 10.9. The van der Waals surface area contributed by atoms with Gasteiger partial charge in [0.1, 0.15) is 11.6 Å². The quantitative estimate of drug-likeness (QED) is 0.764. The van der Waals surface area contributed by atoms with E-state index >= 15 is 0 Å².